The summed E-state index contributed by atoms with van der Waals surface area (Å²) in [6.07, 6.45) is 4.98. The van der Waals surface area contributed by atoms with Crippen molar-refractivity contribution < 1.29 is 0 Å². The van der Waals surface area contributed by atoms with Gasteiger partial charge < -0.3 is 4.90 Å². The van der Waals surface area contributed by atoms with Gasteiger partial charge in [-0.2, -0.15) is 0 Å². The quantitative estimate of drug-likeness (QED) is 0.167. The Morgan fingerprint density at radius 2 is 1.02 bits per heavy atom. The van der Waals surface area contributed by atoms with Crippen LogP contribution in [0, 0.1) is 0 Å². The summed E-state index contributed by atoms with van der Waals surface area (Å²) in [6, 6.07) is 71.2. The summed E-state index contributed by atoms with van der Waals surface area (Å²) in [5.41, 5.74) is 20.0. The number of benzene rings is 9. The molecule has 0 aliphatic heterocycles. The Morgan fingerprint density at radius 3 is 1.79 bits per heavy atom. The Hall–Kier alpha value is -6.74. The molecule has 0 radical (unpaired) electrons. The lowest BCUT2D eigenvalue weighted by Crippen LogP contribution is -2.21. The third kappa shape index (κ3) is 5.08. The topological polar surface area (TPSA) is 3.24 Å². The van der Waals surface area contributed by atoms with Crippen molar-refractivity contribution in [3.63, 3.8) is 0 Å². The number of anilines is 3. The Kier molecular flexibility index (Phi) is 7.76. The molecule has 1 saturated carbocycles. The largest absolute Gasteiger partial charge is 0.310 e. The molecule has 1 spiro atoms. The smallest absolute Gasteiger partial charge is 0.0465 e. The lowest BCUT2D eigenvalue weighted by molar-refractivity contribution is 0.550. The minimum absolute atomic E-state index is 0.0827. The molecule has 10 aromatic rings. The van der Waals surface area contributed by atoms with Crippen LogP contribution in [-0.2, 0) is 10.8 Å². The zero-order valence-electron chi connectivity index (χ0n) is 35.1. The third-order valence-corrected chi connectivity index (χ3v) is 16.0. The number of hydrogen-bond donors (Lipinski definition) is 0. The summed E-state index contributed by atoms with van der Waals surface area (Å²) >= 11 is 1.91. The maximum Gasteiger partial charge on any atom is 0.0465 e. The molecule has 1 heterocycles. The van der Waals surface area contributed by atoms with Crippen LogP contribution in [0.3, 0.4) is 0 Å². The molecule has 0 atom stereocenters. The molecule has 2 heteroatoms. The summed E-state index contributed by atoms with van der Waals surface area (Å²) in [6.45, 7) is 4.76. The van der Waals surface area contributed by atoms with Gasteiger partial charge in [-0.05, 0) is 133 Å². The normalized spacial score (nSPS) is 15.3. The van der Waals surface area contributed by atoms with Gasteiger partial charge in [0.1, 0.15) is 0 Å². The van der Waals surface area contributed by atoms with E-state index in [9.17, 15) is 0 Å². The van der Waals surface area contributed by atoms with E-state index < -0.39 is 0 Å². The van der Waals surface area contributed by atoms with Crippen molar-refractivity contribution >= 4 is 59.3 Å². The van der Waals surface area contributed by atoms with Crippen LogP contribution >= 0.6 is 11.3 Å². The predicted octanol–water partition coefficient (Wildman–Crippen LogP) is 17.2. The van der Waals surface area contributed by atoms with Gasteiger partial charge in [-0.25, -0.2) is 0 Å². The highest BCUT2D eigenvalue weighted by Crippen LogP contribution is 2.58. The molecular weight excluding hydrogens is 767 g/mol. The van der Waals surface area contributed by atoms with Gasteiger partial charge in [-0.15, -0.1) is 11.3 Å². The second kappa shape index (κ2) is 13.4. The van der Waals surface area contributed by atoms with Gasteiger partial charge in [0.2, 0.25) is 0 Å². The molecule has 1 nitrogen and oxygen atoms in total. The fourth-order valence-electron chi connectivity index (χ4n) is 12.0. The van der Waals surface area contributed by atoms with Gasteiger partial charge in [-0.1, -0.05) is 172 Å². The highest BCUT2D eigenvalue weighted by molar-refractivity contribution is 7.26. The fourth-order valence-corrected chi connectivity index (χ4v) is 13.3. The number of thiophene rings is 1. The van der Waals surface area contributed by atoms with E-state index in [1.165, 1.54) is 129 Å². The van der Waals surface area contributed by atoms with Crippen LogP contribution in [-0.4, -0.2) is 0 Å². The number of nitrogens with zero attached hydrogens (tertiary/aromatic N) is 1. The van der Waals surface area contributed by atoms with E-state index in [2.05, 4.69) is 207 Å². The van der Waals surface area contributed by atoms with Crippen LogP contribution < -0.4 is 4.90 Å². The average Bonchev–Trinajstić information content (AvgIpc) is 4.09. The standard InChI is InChI=1S/C60H45NS/c1-59(2)52-20-7-5-16-48(52)50-19-11-18-45(57(50)59)40-25-30-42(31-26-40)61(43-32-34-49-47-15-6-8-21-53(47)60(54(49)37-43)35-9-10-36-60)41-28-23-39(24-29-41)44-17-12-22-55-56(44)51-33-27-38-13-3-4-14-46(38)58(51)62-55/h3-8,11-34,37H,9-10,35-36H2,1-2H3. The number of hydrogen-bond acceptors (Lipinski definition) is 2. The Bertz CT molecular complexity index is 3430. The number of fused-ring (bicyclic) bond motifs is 13. The SMILES string of the molecule is CC1(C)c2ccccc2-c2cccc(-c3ccc(N(c4ccc(-c5cccc6sc7c8ccccc8ccc7c56)cc4)c4ccc5c(c4)C4(CCCC4)c4ccccc4-5)cc3)c21. The maximum absolute atomic E-state index is 2.54. The molecule has 13 rings (SSSR count). The van der Waals surface area contributed by atoms with E-state index >= 15 is 0 Å². The molecule has 0 amide bonds. The molecule has 296 valence electrons. The van der Waals surface area contributed by atoms with Crippen molar-refractivity contribution in [1.82, 2.24) is 0 Å². The highest BCUT2D eigenvalue weighted by atomic mass is 32.1. The van der Waals surface area contributed by atoms with Gasteiger partial charge in [-0.3, -0.25) is 0 Å². The van der Waals surface area contributed by atoms with E-state index in [4.69, 9.17) is 0 Å². The molecule has 3 aliphatic carbocycles. The van der Waals surface area contributed by atoms with Gasteiger partial charge in [0.15, 0.2) is 0 Å². The summed E-state index contributed by atoms with van der Waals surface area (Å²) in [7, 11) is 0. The van der Waals surface area contributed by atoms with Gasteiger partial charge in [0.05, 0.1) is 0 Å². The molecule has 0 saturated heterocycles. The van der Waals surface area contributed by atoms with Gasteiger partial charge in [0, 0.05) is 48.1 Å². The summed E-state index contributed by atoms with van der Waals surface area (Å²) in [5, 5.41) is 5.30. The molecule has 0 bridgehead atoms. The zero-order valence-corrected chi connectivity index (χ0v) is 35.9. The molecule has 1 fully saturated rings. The third-order valence-electron chi connectivity index (χ3n) is 14.8. The van der Waals surface area contributed by atoms with Gasteiger partial charge in [0.25, 0.3) is 0 Å². The molecule has 1 aromatic heterocycles. The molecule has 3 aliphatic rings. The zero-order chi connectivity index (χ0) is 41.2. The summed E-state index contributed by atoms with van der Waals surface area (Å²) in [4.78, 5) is 2.49. The first-order valence-electron chi connectivity index (χ1n) is 22.3. The van der Waals surface area contributed by atoms with Crippen LogP contribution in [0.2, 0.25) is 0 Å². The van der Waals surface area contributed by atoms with Crippen molar-refractivity contribution in [2.75, 3.05) is 4.90 Å². The first-order chi connectivity index (χ1) is 30.5. The van der Waals surface area contributed by atoms with Crippen molar-refractivity contribution in [3.8, 4) is 44.5 Å². The molecule has 9 aromatic carbocycles. The lowest BCUT2D eigenvalue weighted by atomic mass is 9.76. The van der Waals surface area contributed by atoms with E-state index in [0.29, 0.717) is 0 Å². The second-order valence-electron chi connectivity index (χ2n) is 18.3. The van der Waals surface area contributed by atoms with E-state index in [0.717, 1.165) is 11.4 Å². The summed E-state index contributed by atoms with van der Waals surface area (Å²) < 4.78 is 2.69. The Balaban J connectivity index is 0.946. The van der Waals surface area contributed by atoms with Crippen LogP contribution in [0.5, 0.6) is 0 Å². The molecule has 62 heavy (non-hydrogen) atoms. The minimum Gasteiger partial charge on any atom is -0.310 e. The summed E-state index contributed by atoms with van der Waals surface area (Å²) in [5.74, 6) is 0. The first-order valence-corrected chi connectivity index (χ1v) is 23.1. The predicted molar refractivity (Wildman–Crippen MR) is 265 cm³/mol. The lowest BCUT2D eigenvalue weighted by Gasteiger charge is -2.30. The minimum atomic E-state index is -0.0827. The van der Waals surface area contributed by atoms with Gasteiger partial charge >= 0.3 is 0 Å². The van der Waals surface area contributed by atoms with Crippen LogP contribution in [0.1, 0.15) is 61.8 Å². The van der Waals surface area contributed by atoms with Crippen molar-refractivity contribution in [2.45, 2.75) is 50.4 Å². The maximum atomic E-state index is 2.54. The van der Waals surface area contributed by atoms with E-state index in [1.54, 1.807) is 0 Å². The van der Waals surface area contributed by atoms with E-state index in [-0.39, 0.29) is 10.8 Å². The highest BCUT2D eigenvalue weighted by Gasteiger charge is 2.45. The van der Waals surface area contributed by atoms with Crippen LogP contribution in [0.4, 0.5) is 17.1 Å². The first kappa shape index (κ1) is 36.0. The van der Waals surface area contributed by atoms with Crippen LogP contribution in [0.25, 0.3) is 75.5 Å². The Morgan fingerprint density at radius 1 is 0.435 bits per heavy atom. The second-order valence-corrected chi connectivity index (χ2v) is 19.4. The van der Waals surface area contributed by atoms with Crippen molar-refractivity contribution in [1.29, 1.82) is 0 Å². The molecular formula is C60H45NS. The monoisotopic (exact) mass is 811 g/mol. The van der Waals surface area contributed by atoms with E-state index in [1.807, 2.05) is 11.3 Å². The van der Waals surface area contributed by atoms with Crippen LogP contribution in [0.15, 0.2) is 188 Å². The van der Waals surface area contributed by atoms with Crippen molar-refractivity contribution in [3.05, 3.63) is 210 Å². The number of rotatable bonds is 5. The molecule has 0 unspecified atom stereocenters. The average molecular weight is 812 g/mol. The van der Waals surface area contributed by atoms with Crippen molar-refractivity contribution in [2.24, 2.45) is 0 Å². The Labute approximate surface area is 367 Å². The molecule has 0 N–H and O–H groups in total. The fraction of sp³-hybridized carbons (Fsp3) is 0.133.